The van der Waals surface area contributed by atoms with Gasteiger partial charge in [0, 0.05) is 30.0 Å². The van der Waals surface area contributed by atoms with Crippen molar-refractivity contribution in [3.8, 4) is 0 Å². The summed E-state index contributed by atoms with van der Waals surface area (Å²) in [5.41, 5.74) is 0.156. The Morgan fingerprint density at radius 3 is 2.67 bits per heavy atom. The van der Waals surface area contributed by atoms with E-state index < -0.39 is 0 Å². The number of nitrogens with zero attached hydrogens (tertiary/aromatic N) is 4. The average Bonchev–Trinajstić information content (AvgIpc) is 3.34. The van der Waals surface area contributed by atoms with Crippen LogP contribution in [0.5, 0.6) is 0 Å². The number of nitrogens with one attached hydrogen (secondary N) is 2. The van der Waals surface area contributed by atoms with Gasteiger partial charge in [-0.2, -0.15) is 0 Å². The largest absolute Gasteiger partial charge is 0.378 e. The van der Waals surface area contributed by atoms with Crippen LogP contribution in [-0.2, 0) is 24.9 Å². The molecular weight excluding hydrogens is 511 g/mol. The van der Waals surface area contributed by atoms with Gasteiger partial charge in [-0.3, -0.25) is 0 Å². The van der Waals surface area contributed by atoms with Crippen LogP contribution in [0.1, 0.15) is 56.6 Å². The van der Waals surface area contributed by atoms with Crippen molar-refractivity contribution >= 4 is 41.3 Å². The first-order valence-corrected chi connectivity index (χ1v) is 11.5. The molecule has 0 spiro atoms. The number of hydrogen-bond acceptors (Lipinski definition) is 5. The first-order chi connectivity index (χ1) is 14.0. The second-order valence-electron chi connectivity index (χ2n) is 7.64. The van der Waals surface area contributed by atoms with Crippen molar-refractivity contribution in [3.63, 3.8) is 0 Å². The maximum Gasteiger partial charge on any atom is 0.192 e. The van der Waals surface area contributed by atoms with E-state index in [2.05, 4.69) is 59.1 Å². The summed E-state index contributed by atoms with van der Waals surface area (Å²) in [6, 6.07) is 4.56. The molecule has 0 saturated heterocycles. The summed E-state index contributed by atoms with van der Waals surface area (Å²) in [7, 11) is 1.98. The lowest BCUT2D eigenvalue weighted by atomic mass is 9.58. The van der Waals surface area contributed by atoms with Gasteiger partial charge in [0.25, 0.3) is 0 Å². The zero-order chi connectivity index (χ0) is 20.9. The lowest BCUT2D eigenvalue weighted by Gasteiger charge is -2.55. The van der Waals surface area contributed by atoms with Crippen LogP contribution in [0.15, 0.2) is 22.5 Å². The third-order valence-electron chi connectivity index (χ3n) is 6.35. The minimum Gasteiger partial charge on any atom is -0.378 e. The van der Waals surface area contributed by atoms with Gasteiger partial charge in [0.1, 0.15) is 12.4 Å². The predicted octanol–water partition coefficient (Wildman–Crippen LogP) is 4.02. The van der Waals surface area contributed by atoms with Gasteiger partial charge in [0.15, 0.2) is 11.8 Å². The van der Waals surface area contributed by atoms with Gasteiger partial charge < -0.3 is 19.9 Å². The second-order valence-corrected chi connectivity index (χ2v) is 8.67. The molecule has 7 nitrogen and oxygen atoms in total. The molecule has 2 aromatic rings. The molecule has 3 rings (SSSR count). The standard InChI is InChI=1S/C21H34N6OS.HI/c1-6-21(7-2)17(12-18(21)28-8-3)24-20(22-13-16-10-9-11-29-16)23-14-19-26-25-15(4)27(19)5;/h9-11,17-18H,6-8,12-14H2,1-5H3,(H2,22,23,24);1H. The molecule has 0 bridgehead atoms. The summed E-state index contributed by atoms with van der Waals surface area (Å²) < 4.78 is 8.02. The Morgan fingerprint density at radius 2 is 2.10 bits per heavy atom. The van der Waals surface area contributed by atoms with E-state index in [0.29, 0.717) is 18.7 Å². The summed E-state index contributed by atoms with van der Waals surface area (Å²) in [4.78, 5) is 6.11. The molecular formula is C21H35IN6OS. The Morgan fingerprint density at radius 1 is 1.33 bits per heavy atom. The molecule has 2 N–H and O–H groups in total. The van der Waals surface area contributed by atoms with Crippen molar-refractivity contribution in [3.05, 3.63) is 34.0 Å². The predicted molar refractivity (Wildman–Crippen MR) is 133 cm³/mol. The third-order valence-corrected chi connectivity index (χ3v) is 7.23. The van der Waals surface area contributed by atoms with Crippen molar-refractivity contribution in [1.29, 1.82) is 0 Å². The number of guanidine groups is 1. The van der Waals surface area contributed by atoms with Crippen molar-refractivity contribution < 1.29 is 4.74 Å². The molecule has 2 heterocycles. The van der Waals surface area contributed by atoms with Gasteiger partial charge in [-0.05, 0) is 44.6 Å². The summed E-state index contributed by atoms with van der Waals surface area (Å²) in [6.07, 6.45) is 3.51. The van der Waals surface area contributed by atoms with Crippen LogP contribution in [0, 0.1) is 12.3 Å². The lowest BCUT2D eigenvalue weighted by Crippen LogP contribution is -2.65. The third kappa shape index (κ3) is 5.34. The molecule has 0 amide bonds. The molecule has 1 saturated carbocycles. The van der Waals surface area contributed by atoms with E-state index in [1.54, 1.807) is 11.3 Å². The Hall–Kier alpha value is -1.20. The van der Waals surface area contributed by atoms with E-state index in [9.17, 15) is 0 Å². The fourth-order valence-corrected chi connectivity index (χ4v) is 4.87. The van der Waals surface area contributed by atoms with Gasteiger partial charge in [-0.25, -0.2) is 4.99 Å². The van der Waals surface area contributed by atoms with Crippen LogP contribution in [0.4, 0.5) is 0 Å². The van der Waals surface area contributed by atoms with Crippen LogP contribution < -0.4 is 10.6 Å². The maximum atomic E-state index is 6.03. The summed E-state index contributed by atoms with van der Waals surface area (Å²) in [5, 5.41) is 17.7. The molecule has 2 unspecified atom stereocenters. The van der Waals surface area contributed by atoms with E-state index in [1.807, 2.05) is 18.5 Å². The van der Waals surface area contributed by atoms with Gasteiger partial charge in [0.2, 0.25) is 0 Å². The highest BCUT2D eigenvalue weighted by atomic mass is 127. The molecule has 2 atom stereocenters. The quantitative estimate of drug-likeness (QED) is 0.282. The normalized spacial score (nSPS) is 20.4. The molecule has 0 radical (unpaired) electrons. The van der Waals surface area contributed by atoms with Crippen LogP contribution in [0.3, 0.4) is 0 Å². The van der Waals surface area contributed by atoms with Gasteiger partial charge in [0.05, 0.1) is 12.6 Å². The van der Waals surface area contributed by atoms with E-state index >= 15 is 0 Å². The van der Waals surface area contributed by atoms with E-state index in [1.165, 1.54) is 4.88 Å². The molecule has 30 heavy (non-hydrogen) atoms. The van der Waals surface area contributed by atoms with Gasteiger partial charge in [-0.1, -0.05) is 19.9 Å². The van der Waals surface area contributed by atoms with Crippen molar-refractivity contribution in [2.75, 3.05) is 6.61 Å². The minimum atomic E-state index is 0. The summed E-state index contributed by atoms with van der Waals surface area (Å²) in [6.45, 7) is 10.6. The molecule has 168 valence electrons. The zero-order valence-corrected chi connectivity index (χ0v) is 21.8. The fourth-order valence-electron chi connectivity index (χ4n) is 4.22. The van der Waals surface area contributed by atoms with Crippen LogP contribution in [0.25, 0.3) is 0 Å². The van der Waals surface area contributed by atoms with Crippen molar-refractivity contribution in [2.24, 2.45) is 17.5 Å². The highest BCUT2D eigenvalue weighted by Gasteiger charge is 2.53. The molecule has 0 aromatic carbocycles. The molecule has 2 aromatic heterocycles. The first kappa shape index (κ1) is 25.1. The number of rotatable bonds is 9. The number of aromatic nitrogens is 3. The molecule has 1 aliphatic rings. The van der Waals surface area contributed by atoms with Crippen molar-refractivity contribution in [2.45, 2.75) is 72.2 Å². The molecule has 1 fully saturated rings. The zero-order valence-electron chi connectivity index (χ0n) is 18.6. The Balaban J connectivity index is 0.00000320. The molecule has 0 aliphatic heterocycles. The number of aryl methyl sites for hydroxylation is 1. The monoisotopic (exact) mass is 546 g/mol. The fraction of sp³-hybridized carbons (Fsp3) is 0.667. The Bertz CT molecular complexity index is 803. The highest BCUT2D eigenvalue weighted by molar-refractivity contribution is 14.0. The van der Waals surface area contributed by atoms with Crippen LogP contribution in [0.2, 0.25) is 0 Å². The first-order valence-electron chi connectivity index (χ1n) is 10.6. The number of ether oxygens (including phenoxy) is 1. The summed E-state index contributed by atoms with van der Waals surface area (Å²) in [5.74, 6) is 2.58. The topological polar surface area (TPSA) is 76.4 Å². The van der Waals surface area contributed by atoms with Crippen molar-refractivity contribution in [1.82, 2.24) is 25.4 Å². The smallest absolute Gasteiger partial charge is 0.192 e. The minimum absolute atomic E-state index is 0. The maximum absolute atomic E-state index is 6.03. The number of aliphatic imine (C=N–C) groups is 1. The van der Waals surface area contributed by atoms with Crippen LogP contribution in [-0.4, -0.2) is 39.5 Å². The summed E-state index contributed by atoms with van der Waals surface area (Å²) >= 11 is 1.75. The van der Waals surface area contributed by atoms with Crippen LogP contribution >= 0.6 is 35.3 Å². The van der Waals surface area contributed by atoms with E-state index in [0.717, 1.165) is 50.0 Å². The lowest BCUT2D eigenvalue weighted by molar-refractivity contribution is -0.133. The SMILES string of the molecule is CCOC1CC(NC(=NCc2nnc(C)n2C)NCc2cccs2)C1(CC)CC.I. The van der Waals surface area contributed by atoms with E-state index in [4.69, 9.17) is 9.73 Å². The molecule has 1 aliphatic carbocycles. The number of thiophene rings is 1. The Labute approximate surface area is 201 Å². The van der Waals surface area contributed by atoms with E-state index in [-0.39, 0.29) is 29.4 Å². The van der Waals surface area contributed by atoms with Gasteiger partial charge >= 0.3 is 0 Å². The Kier molecular flexibility index (Phi) is 9.55. The second kappa shape index (κ2) is 11.4. The number of halogens is 1. The number of hydrogen-bond donors (Lipinski definition) is 2. The highest BCUT2D eigenvalue weighted by Crippen LogP contribution is 2.48. The van der Waals surface area contributed by atoms with Gasteiger partial charge in [-0.15, -0.1) is 45.5 Å². The molecule has 9 heteroatoms. The average molecular weight is 547 g/mol.